The topological polar surface area (TPSA) is 70.1 Å². The third-order valence-electron chi connectivity index (χ3n) is 2.33. The molecular weight excluding hydrogens is 284 g/mol. The Morgan fingerprint density at radius 1 is 1.35 bits per heavy atom. The zero-order valence-electron chi connectivity index (χ0n) is 10.4. The van der Waals surface area contributed by atoms with Crippen molar-refractivity contribution in [3.8, 4) is 0 Å². The summed E-state index contributed by atoms with van der Waals surface area (Å²) in [6.45, 7) is 6.99. The Balaban J connectivity index is 2.87. The molecule has 0 aliphatic carbocycles. The Bertz CT molecular complexity index is 370. The van der Waals surface area contributed by atoms with Crippen LogP contribution >= 0.6 is 15.9 Å². The molecule has 96 valence electrons. The van der Waals surface area contributed by atoms with E-state index in [0.29, 0.717) is 6.42 Å². The molecule has 1 aromatic heterocycles. The number of nitrogens with zero attached hydrogens (tertiary/aromatic N) is 2. The van der Waals surface area contributed by atoms with Crippen LogP contribution in [0.15, 0.2) is 10.8 Å². The van der Waals surface area contributed by atoms with E-state index in [1.165, 1.54) is 6.33 Å². The van der Waals surface area contributed by atoms with Gasteiger partial charge in [0.1, 0.15) is 22.4 Å². The molecule has 0 fully saturated rings. The van der Waals surface area contributed by atoms with Crippen molar-refractivity contribution in [1.82, 2.24) is 9.97 Å². The second kappa shape index (κ2) is 6.16. The number of rotatable bonds is 6. The minimum atomic E-state index is -0.213. The standard InChI is InChI=1S/C11H19BrN4O/c1-4-13-9-8(12)10(15-7-14-9)16-11(2,3)5-6-17/h7,17H,4-6H2,1-3H3,(H2,13,14,15,16). The summed E-state index contributed by atoms with van der Waals surface area (Å²) in [7, 11) is 0. The summed E-state index contributed by atoms with van der Waals surface area (Å²) in [6, 6.07) is 0. The molecule has 1 rings (SSSR count). The zero-order valence-corrected chi connectivity index (χ0v) is 12.0. The fourth-order valence-corrected chi connectivity index (χ4v) is 1.85. The molecule has 1 heterocycles. The van der Waals surface area contributed by atoms with Gasteiger partial charge in [0.15, 0.2) is 0 Å². The average molecular weight is 303 g/mol. The van der Waals surface area contributed by atoms with Crippen molar-refractivity contribution in [3.05, 3.63) is 10.8 Å². The second-order valence-electron chi connectivity index (χ2n) is 4.40. The number of hydrogen-bond acceptors (Lipinski definition) is 5. The van der Waals surface area contributed by atoms with Crippen molar-refractivity contribution in [1.29, 1.82) is 0 Å². The number of aliphatic hydroxyl groups is 1. The first kappa shape index (κ1) is 14.2. The molecule has 0 aliphatic heterocycles. The number of nitrogens with one attached hydrogen (secondary N) is 2. The summed E-state index contributed by atoms with van der Waals surface area (Å²) in [6.07, 6.45) is 2.17. The first-order valence-corrected chi connectivity index (χ1v) is 6.43. The molecule has 0 aliphatic rings. The minimum absolute atomic E-state index is 0.142. The molecule has 0 bridgehead atoms. The van der Waals surface area contributed by atoms with Crippen LogP contribution in [0.4, 0.5) is 11.6 Å². The third kappa shape index (κ3) is 4.12. The van der Waals surface area contributed by atoms with E-state index in [9.17, 15) is 0 Å². The van der Waals surface area contributed by atoms with Crippen molar-refractivity contribution in [2.45, 2.75) is 32.7 Å². The van der Waals surface area contributed by atoms with E-state index in [0.717, 1.165) is 22.7 Å². The highest BCUT2D eigenvalue weighted by atomic mass is 79.9. The van der Waals surface area contributed by atoms with Gasteiger partial charge in [-0.25, -0.2) is 9.97 Å². The maximum absolute atomic E-state index is 8.99. The number of hydrogen-bond donors (Lipinski definition) is 3. The lowest BCUT2D eigenvalue weighted by molar-refractivity contribution is 0.260. The normalized spacial score (nSPS) is 11.4. The predicted octanol–water partition coefficient (Wildman–Crippen LogP) is 2.24. The fourth-order valence-electron chi connectivity index (χ4n) is 1.41. The lowest BCUT2D eigenvalue weighted by atomic mass is 10.0. The number of aromatic nitrogens is 2. The van der Waals surface area contributed by atoms with Crippen molar-refractivity contribution >= 4 is 27.6 Å². The minimum Gasteiger partial charge on any atom is -0.396 e. The van der Waals surface area contributed by atoms with E-state index in [-0.39, 0.29) is 12.1 Å². The molecule has 0 radical (unpaired) electrons. The first-order chi connectivity index (χ1) is 8.00. The Morgan fingerprint density at radius 2 is 2.00 bits per heavy atom. The van der Waals surface area contributed by atoms with Gasteiger partial charge in [-0.1, -0.05) is 0 Å². The molecule has 5 nitrogen and oxygen atoms in total. The molecule has 17 heavy (non-hydrogen) atoms. The van der Waals surface area contributed by atoms with Gasteiger partial charge in [0.2, 0.25) is 0 Å². The summed E-state index contributed by atoms with van der Waals surface area (Å²) in [5, 5.41) is 15.4. The van der Waals surface area contributed by atoms with Crippen molar-refractivity contribution < 1.29 is 5.11 Å². The van der Waals surface area contributed by atoms with Crippen LogP contribution in [0.5, 0.6) is 0 Å². The largest absolute Gasteiger partial charge is 0.396 e. The van der Waals surface area contributed by atoms with Gasteiger partial charge in [-0.15, -0.1) is 0 Å². The van der Waals surface area contributed by atoms with Crippen molar-refractivity contribution in [2.75, 3.05) is 23.8 Å². The van der Waals surface area contributed by atoms with Crippen LogP contribution in [0, 0.1) is 0 Å². The van der Waals surface area contributed by atoms with E-state index in [1.807, 2.05) is 20.8 Å². The van der Waals surface area contributed by atoms with Crippen molar-refractivity contribution in [2.24, 2.45) is 0 Å². The maximum atomic E-state index is 8.99. The molecule has 0 saturated heterocycles. The van der Waals surface area contributed by atoms with Gasteiger partial charge in [-0.2, -0.15) is 0 Å². The van der Waals surface area contributed by atoms with E-state index in [4.69, 9.17) is 5.11 Å². The lowest BCUT2D eigenvalue weighted by Gasteiger charge is -2.26. The van der Waals surface area contributed by atoms with Gasteiger partial charge in [0, 0.05) is 18.7 Å². The molecule has 6 heteroatoms. The number of anilines is 2. The predicted molar refractivity (Wildman–Crippen MR) is 73.3 cm³/mol. The van der Waals surface area contributed by atoms with Gasteiger partial charge in [0.25, 0.3) is 0 Å². The van der Waals surface area contributed by atoms with Gasteiger partial charge >= 0.3 is 0 Å². The molecule has 0 spiro atoms. The molecule has 0 atom stereocenters. The average Bonchev–Trinajstić information content (AvgIpc) is 2.24. The first-order valence-electron chi connectivity index (χ1n) is 5.63. The van der Waals surface area contributed by atoms with Crippen LogP contribution < -0.4 is 10.6 Å². The smallest absolute Gasteiger partial charge is 0.146 e. The molecular formula is C11H19BrN4O. The summed E-state index contributed by atoms with van der Waals surface area (Å²) in [4.78, 5) is 8.34. The highest BCUT2D eigenvalue weighted by Gasteiger charge is 2.19. The highest BCUT2D eigenvalue weighted by Crippen LogP contribution is 2.29. The van der Waals surface area contributed by atoms with Crippen LogP contribution in [-0.2, 0) is 0 Å². The highest BCUT2D eigenvalue weighted by molar-refractivity contribution is 9.10. The van der Waals surface area contributed by atoms with Gasteiger partial charge < -0.3 is 15.7 Å². The van der Waals surface area contributed by atoms with Gasteiger partial charge in [-0.05, 0) is 43.1 Å². The van der Waals surface area contributed by atoms with Crippen molar-refractivity contribution in [3.63, 3.8) is 0 Å². The molecule has 1 aromatic rings. The molecule has 0 amide bonds. The lowest BCUT2D eigenvalue weighted by Crippen LogP contribution is -2.32. The maximum Gasteiger partial charge on any atom is 0.146 e. The van der Waals surface area contributed by atoms with Gasteiger partial charge in [0.05, 0.1) is 0 Å². The fraction of sp³-hybridized carbons (Fsp3) is 0.636. The summed E-state index contributed by atoms with van der Waals surface area (Å²) >= 11 is 3.47. The monoisotopic (exact) mass is 302 g/mol. The number of halogens is 1. The zero-order chi connectivity index (χ0) is 12.9. The molecule has 0 aromatic carbocycles. The van der Waals surface area contributed by atoms with E-state index in [1.54, 1.807) is 0 Å². The SMILES string of the molecule is CCNc1ncnc(NC(C)(C)CCO)c1Br. The second-order valence-corrected chi connectivity index (χ2v) is 5.19. The quantitative estimate of drug-likeness (QED) is 0.752. The summed E-state index contributed by atoms with van der Waals surface area (Å²) in [5.41, 5.74) is -0.213. The summed E-state index contributed by atoms with van der Waals surface area (Å²) < 4.78 is 0.813. The van der Waals surface area contributed by atoms with E-state index < -0.39 is 0 Å². The van der Waals surface area contributed by atoms with Crippen LogP contribution in [0.2, 0.25) is 0 Å². The molecule has 0 saturated carbocycles. The van der Waals surface area contributed by atoms with Crippen LogP contribution in [0.25, 0.3) is 0 Å². The Morgan fingerprint density at radius 3 is 2.59 bits per heavy atom. The van der Waals surface area contributed by atoms with Crippen LogP contribution in [-0.4, -0.2) is 33.8 Å². The molecule has 3 N–H and O–H groups in total. The van der Waals surface area contributed by atoms with Gasteiger partial charge in [-0.3, -0.25) is 0 Å². The Kier molecular flexibility index (Phi) is 5.14. The number of aliphatic hydroxyl groups excluding tert-OH is 1. The van der Waals surface area contributed by atoms with E-state index in [2.05, 4.69) is 36.5 Å². The van der Waals surface area contributed by atoms with Crippen LogP contribution in [0.1, 0.15) is 27.2 Å². The Hall–Kier alpha value is -0.880. The summed E-state index contributed by atoms with van der Waals surface area (Å²) in [5.74, 6) is 1.50. The van der Waals surface area contributed by atoms with E-state index >= 15 is 0 Å². The molecule has 0 unspecified atom stereocenters. The third-order valence-corrected chi connectivity index (χ3v) is 3.08. The van der Waals surface area contributed by atoms with Crippen LogP contribution in [0.3, 0.4) is 0 Å². The Labute approximate surface area is 110 Å².